The number of alkyl halides is 1. The third-order valence-electron chi connectivity index (χ3n) is 2.60. The SMILES string of the molecule is CC(Cl)(CCSCc1cccc([N+](=O)[O-])c1)C(=O)OBr. The summed E-state index contributed by atoms with van der Waals surface area (Å²) in [6, 6.07) is 6.48. The van der Waals surface area contributed by atoms with Gasteiger partial charge in [0.25, 0.3) is 5.69 Å². The zero-order valence-electron chi connectivity index (χ0n) is 10.7. The minimum atomic E-state index is -1.07. The lowest BCUT2D eigenvalue weighted by Gasteiger charge is -2.17. The summed E-state index contributed by atoms with van der Waals surface area (Å²) in [6.45, 7) is 1.59. The van der Waals surface area contributed by atoms with Crippen LogP contribution < -0.4 is 0 Å². The molecule has 5 nitrogen and oxygen atoms in total. The van der Waals surface area contributed by atoms with E-state index in [0.717, 1.165) is 5.56 Å². The molecular formula is C12H13BrClNO4S. The second-order valence-corrected chi connectivity index (χ2v) is 6.55. The van der Waals surface area contributed by atoms with Crippen molar-refractivity contribution < 1.29 is 13.5 Å². The minimum Gasteiger partial charge on any atom is -0.382 e. The van der Waals surface area contributed by atoms with Gasteiger partial charge < -0.3 is 3.83 Å². The number of nitro groups is 1. The summed E-state index contributed by atoms with van der Waals surface area (Å²) in [5, 5.41) is 10.6. The molecule has 0 spiro atoms. The monoisotopic (exact) mass is 381 g/mol. The number of thioether (sulfide) groups is 1. The van der Waals surface area contributed by atoms with Crippen LogP contribution in [0.2, 0.25) is 0 Å². The topological polar surface area (TPSA) is 69.4 Å². The molecule has 0 fully saturated rings. The molecule has 20 heavy (non-hydrogen) atoms. The number of non-ortho nitro benzene ring substituents is 1. The highest BCUT2D eigenvalue weighted by Crippen LogP contribution is 2.26. The predicted molar refractivity (Wildman–Crippen MR) is 83.2 cm³/mol. The normalized spacial score (nSPS) is 13.6. The fourth-order valence-corrected chi connectivity index (χ4v) is 3.20. The number of hydrogen-bond acceptors (Lipinski definition) is 5. The van der Waals surface area contributed by atoms with Gasteiger partial charge in [-0.3, -0.25) is 10.1 Å². The third kappa shape index (κ3) is 5.30. The largest absolute Gasteiger partial charge is 0.382 e. The van der Waals surface area contributed by atoms with E-state index in [-0.39, 0.29) is 5.69 Å². The van der Waals surface area contributed by atoms with Crippen LogP contribution in [0, 0.1) is 10.1 Å². The van der Waals surface area contributed by atoms with Crippen molar-refractivity contribution in [2.75, 3.05) is 5.75 Å². The standard InChI is InChI=1S/C12H13BrClNO4S/c1-12(14,11(16)19-13)5-6-20-8-9-3-2-4-10(7-9)15(17)18/h2-4,7H,5-6,8H2,1H3. The van der Waals surface area contributed by atoms with Crippen molar-refractivity contribution >= 4 is 51.3 Å². The van der Waals surface area contributed by atoms with Gasteiger partial charge in [-0.1, -0.05) is 12.1 Å². The van der Waals surface area contributed by atoms with Gasteiger partial charge in [-0.25, -0.2) is 4.79 Å². The maximum Gasteiger partial charge on any atom is 0.338 e. The van der Waals surface area contributed by atoms with E-state index in [1.165, 1.54) is 6.07 Å². The van der Waals surface area contributed by atoms with E-state index < -0.39 is 15.8 Å². The van der Waals surface area contributed by atoms with Crippen LogP contribution in [0.1, 0.15) is 18.9 Å². The number of carbonyl (C=O) groups excluding carboxylic acids is 1. The lowest BCUT2D eigenvalue weighted by molar-refractivity contribution is -0.384. The molecule has 0 aliphatic heterocycles. The van der Waals surface area contributed by atoms with E-state index in [4.69, 9.17) is 11.6 Å². The van der Waals surface area contributed by atoms with Gasteiger partial charge in [0.2, 0.25) is 0 Å². The molecule has 1 atom stereocenters. The van der Waals surface area contributed by atoms with Crippen molar-refractivity contribution in [3.05, 3.63) is 39.9 Å². The van der Waals surface area contributed by atoms with Crippen LogP contribution in [-0.2, 0) is 14.4 Å². The highest BCUT2D eigenvalue weighted by molar-refractivity contribution is 9.06. The number of benzene rings is 1. The van der Waals surface area contributed by atoms with E-state index in [9.17, 15) is 14.9 Å². The number of nitrogens with zero attached hydrogens (tertiary/aromatic N) is 1. The first-order valence-corrected chi connectivity index (χ1v) is 7.88. The molecule has 0 saturated heterocycles. The molecule has 8 heteroatoms. The Labute approximate surface area is 134 Å². The average Bonchev–Trinajstić information content (AvgIpc) is 2.43. The first-order chi connectivity index (χ1) is 9.36. The quantitative estimate of drug-likeness (QED) is 0.308. The summed E-state index contributed by atoms with van der Waals surface area (Å²) < 4.78 is 4.43. The molecule has 0 bridgehead atoms. The summed E-state index contributed by atoms with van der Waals surface area (Å²) in [6.07, 6.45) is 0.443. The van der Waals surface area contributed by atoms with Gasteiger partial charge in [-0.2, -0.15) is 11.8 Å². The van der Waals surface area contributed by atoms with E-state index in [1.807, 2.05) is 6.07 Å². The Morgan fingerprint density at radius 1 is 1.60 bits per heavy atom. The number of halogens is 2. The van der Waals surface area contributed by atoms with E-state index in [1.54, 1.807) is 30.8 Å². The maximum atomic E-state index is 11.3. The Morgan fingerprint density at radius 3 is 2.90 bits per heavy atom. The zero-order valence-corrected chi connectivity index (χ0v) is 13.8. The Morgan fingerprint density at radius 2 is 2.30 bits per heavy atom. The fraction of sp³-hybridized carbons (Fsp3) is 0.417. The van der Waals surface area contributed by atoms with Crippen LogP contribution in [0.3, 0.4) is 0 Å². The van der Waals surface area contributed by atoms with Crippen LogP contribution in [0.5, 0.6) is 0 Å². The summed E-state index contributed by atoms with van der Waals surface area (Å²) in [5.74, 6) is 0.734. The van der Waals surface area contributed by atoms with Crippen LogP contribution in [0.25, 0.3) is 0 Å². The summed E-state index contributed by atoms with van der Waals surface area (Å²) in [4.78, 5) is 20.5. The van der Waals surface area contributed by atoms with Crippen LogP contribution >= 0.6 is 39.6 Å². The Kier molecular flexibility index (Phi) is 6.78. The Bertz CT molecular complexity index is 498. The van der Waals surface area contributed by atoms with Gasteiger partial charge in [-0.05, 0) is 24.7 Å². The molecule has 0 saturated carbocycles. The molecule has 0 heterocycles. The van der Waals surface area contributed by atoms with E-state index >= 15 is 0 Å². The van der Waals surface area contributed by atoms with Gasteiger partial charge in [0.15, 0.2) is 16.3 Å². The van der Waals surface area contributed by atoms with Gasteiger partial charge in [0, 0.05) is 17.9 Å². The number of carbonyl (C=O) groups is 1. The second-order valence-electron chi connectivity index (χ2n) is 4.29. The van der Waals surface area contributed by atoms with Crippen molar-refractivity contribution in [3.8, 4) is 0 Å². The molecular weight excluding hydrogens is 370 g/mol. The Balaban J connectivity index is 2.43. The van der Waals surface area contributed by atoms with E-state index in [0.29, 0.717) is 17.9 Å². The molecule has 0 aliphatic rings. The lowest BCUT2D eigenvalue weighted by atomic mass is 10.1. The summed E-state index contributed by atoms with van der Waals surface area (Å²) >= 11 is 10.2. The number of nitro benzene ring substituents is 1. The lowest BCUT2D eigenvalue weighted by Crippen LogP contribution is -2.29. The van der Waals surface area contributed by atoms with E-state index in [2.05, 4.69) is 20.1 Å². The molecule has 110 valence electrons. The van der Waals surface area contributed by atoms with Crippen LogP contribution in [0.15, 0.2) is 24.3 Å². The van der Waals surface area contributed by atoms with Crippen molar-refractivity contribution in [1.29, 1.82) is 0 Å². The molecule has 0 aliphatic carbocycles. The van der Waals surface area contributed by atoms with Gasteiger partial charge in [-0.15, -0.1) is 11.6 Å². The smallest absolute Gasteiger partial charge is 0.338 e. The fourth-order valence-electron chi connectivity index (χ4n) is 1.40. The molecule has 0 N–H and O–H groups in total. The first kappa shape index (κ1) is 17.3. The second kappa shape index (κ2) is 7.85. The molecule has 1 unspecified atom stereocenters. The van der Waals surface area contributed by atoms with Gasteiger partial charge in [0.1, 0.15) is 4.87 Å². The average molecular weight is 383 g/mol. The van der Waals surface area contributed by atoms with Crippen molar-refractivity contribution in [3.63, 3.8) is 0 Å². The molecule has 1 aromatic carbocycles. The molecule has 0 aromatic heterocycles. The maximum absolute atomic E-state index is 11.3. The predicted octanol–water partition coefficient (Wildman–Crippen LogP) is 4.07. The molecule has 0 radical (unpaired) electrons. The summed E-state index contributed by atoms with van der Waals surface area (Å²) in [5.41, 5.74) is 0.941. The van der Waals surface area contributed by atoms with Crippen molar-refractivity contribution in [2.45, 2.75) is 24.0 Å². The van der Waals surface area contributed by atoms with Crippen molar-refractivity contribution in [2.24, 2.45) is 0 Å². The highest BCUT2D eigenvalue weighted by Gasteiger charge is 2.31. The van der Waals surface area contributed by atoms with Crippen molar-refractivity contribution in [1.82, 2.24) is 0 Å². The molecule has 1 rings (SSSR count). The van der Waals surface area contributed by atoms with Gasteiger partial charge in [0.05, 0.1) is 4.92 Å². The molecule has 0 amide bonds. The highest BCUT2D eigenvalue weighted by atomic mass is 79.9. The minimum absolute atomic E-state index is 0.0770. The molecule has 1 aromatic rings. The zero-order chi connectivity index (χ0) is 15.2. The number of hydrogen-bond donors (Lipinski definition) is 0. The first-order valence-electron chi connectivity index (χ1n) is 5.70. The number of rotatable bonds is 7. The summed E-state index contributed by atoms with van der Waals surface area (Å²) in [7, 11) is 0. The van der Waals surface area contributed by atoms with Crippen LogP contribution in [0.4, 0.5) is 5.69 Å². The van der Waals surface area contributed by atoms with Gasteiger partial charge >= 0.3 is 5.97 Å². The Hall–Kier alpha value is -0.790. The van der Waals surface area contributed by atoms with Crippen LogP contribution in [-0.4, -0.2) is 21.5 Å². The third-order valence-corrected chi connectivity index (χ3v) is 4.27.